The number of methoxy groups -OCH3 is 1. The summed E-state index contributed by atoms with van der Waals surface area (Å²) in [5.74, 6) is -0.272. The summed E-state index contributed by atoms with van der Waals surface area (Å²) in [5.41, 5.74) is 2.19. The number of nitrogens with zero attached hydrogens (tertiary/aromatic N) is 3. The molecule has 1 unspecified atom stereocenters. The number of amidine groups is 1. The Labute approximate surface area is 211 Å². The molecule has 36 heavy (non-hydrogen) atoms. The van der Waals surface area contributed by atoms with Crippen molar-refractivity contribution in [1.29, 1.82) is 5.41 Å². The lowest BCUT2D eigenvalue weighted by molar-refractivity contribution is -0.132. The molecule has 0 bridgehead atoms. The van der Waals surface area contributed by atoms with Crippen molar-refractivity contribution in [2.24, 2.45) is 4.99 Å². The van der Waals surface area contributed by atoms with E-state index in [9.17, 15) is 9.59 Å². The first-order valence-electron chi connectivity index (χ1n) is 11.6. The fourth-order valence-corrected chi connectivity index (χ4v) is 5.23. The Morgan fingerprint density at radius 1 is 1.03 bits per heavy atom. The van der Waals surface area contributed by atoms with E-state index in [-0.39, 0.29) is 17.5 Å². The summed E-state index contributed by atoms with van der Waals surface area (Å²) in [4.78, 5) is 36.8. The van der Waals surface area contributed by atoms with Crippen molar-refractivity contribution in [2.45, 2.75) is 25.7 Å². The Morgan fingerprint density at radius 2 is 1.69 bits per heavy atom. The van der Waals surface area contributed by atoms with Crippen LogP contribution in [0.15, 0.2) is 71.9 Å². The average Bonchev–Trinajstić information content (AvgIpc) is 3.20. The number of carbonyl (C=O) groups excluding carboxylic acids is 2. The number of aromatic nitrogens is 1. The number of carbonyl (C=O) groups is 2. The standard InChI is InChI=1S/C27H29N5O3Si/c1-32(27(34)23-21-7-6-16-29-22(21)25(28)31-23)24(17-8-12-19(35-2)13-9-17)26(33)30-18-10-14-20(15-11-18)36(3,4)5/h6-16,24,28H,1-5H3,(H,30,33). The second kappa shape index (κ2) is 9.86. The van der Waals surface area contributed by atoms with Gasteiger partial charge in [-0.05, 0) is 42.0 Å². The highest BCUT2D eigenvalue weighted by Gasteiger charge is 2.35. The fourth-order valence-electron chi connectivity index (χ4n) is 4.06. The monoisotopic (exact) mass is 499 g/mol. The van der Waals surface area contributed by atoms with Crippen LogP contribution in [0.1, 0.15) is 22.9 Å². The smallest absolute Gasteiger partial charge is 0.273 e. The van der Waals surface area contributed by atoms with Crippen LogP contribution in [0.25, 0.3) is 0 Å². The zero-order valence-corrected chi connectivity index (χ0v) is 22.0. The number of amides is 2. The SMILES string of the molecule is COc1ccc(C(C(=O)Nc2ccc([Si](C)(C)C)cc2)N(C)C(=O)C2=NC(=N)c3ncccc32)cc1. The first kappa shape index (κ1) is 25.0. The van der Waals surface area contributed by atoms with E-state index >= 15 is 0 Å². The van der Waals surface area contributed by atoms with Crippen LogP contribution in [0.5, 0.6) is 5.75 Å². The highest BCUT2D eigenvalue weighted by atomic mass is 28.3. The molecule has 0 aliphatic carbocycles. The molecule has 1 aliphatic rings. The third-order valence-electron chi connectivity index (χ3n) is 6.12. The van der Waals surface area contributed by atoms with Crippen LogP contribution in [-0.4, -0.2) is 55.5 Å². The minimum atomic E-state index is -1.48. The number of anilines is 1. The van der Waals surface area contributed by atoms with Gasteiger partial charge in [-0.25, -0.2) is 4.99 Å². The van der Waals surface area contributed by atoms with Gasteiger partial charge in [0.1, 0.15) is 23.2 Å². The summed E-state index contributed by atoms with van der Waals surface area (Å²) in [5, 5.41) is 12.3. The molecule has 9 heteroatoms. The molecule has 1 atom stereocenters. The molecule has 184 valence electrons. The largest absolute Gasteiger partial charge is 0.497 e. The lowest BCUT2D eigenvalue weighted by atomic mass is 10.0. The summed E-state index contributed by atoms with van der Waals surface area (Å²) >= 11 is 0. The quantitative estimate of drug-likeness (QED) is 0.484. The topological polar surface area (TPSA) is 108 Å². The van der Waals surface area contributed by atoms with E-state index < -0.39 is 20.0 Å². The van der Waals surface area contributed by atoms with Crippen LogP contribution in [0, 0.1) is 5.41 Å². The van der Waals surface area contributed by atoms with Crippen molar-refractivity contribution in [2.75, 3.05) is 19.5 Å². The van der Waals surface area contributed by atoms with E-state index in [4.69, 9.17) is 10.1 Å². The normalized spacial score (nSPS) is 13.5. The molecule has 0 radical (unpaired) electrons. The summed E-state index contributed by atoms with van der Waals surface area (Å²) in [6.45, 7) is 6.79. The van der Waals surface area contributed by atoms with Gasteiger partial charge in [0.15, 0.2) is 5.84 Å². The summed E-state index contributed by atoms with van der Waals surface area (Å²) < 4.78 is 5.26. The molecule has 3 aromatic rings. The van der Waals surface area contributed by atoms with Crippen LogP contribution in [-0.2, 0) is 9.59 Å². The molecule has 2 aromatic carbocycles. The predicted molar refractivity (Wildman–Crippen MR) is 144 cm³/mol. The molecule has 0 saturated carbocycles. The lowest BCUT2D eigenvalue weighted by Crippen LogP contribution is -2.42. The van der Waals surface area contributed by atoms with Crippen LogP contribution < -0.4 is 15.2 Å². The van der Waals surface area contributed by atoms with Gasteiger partial charge in [0.2, 0.25) is 0 Å². The molecule has 0 saturated heterocycles. The van der Waals surface area contributed by atoms with E-state index in [1.807, 2.05) is 24.3 Å². The highest BCUT2D eigenvalue weighted by molar-refractivity contribution is 6.88. The molecule has 2 N–H and O–H groups in total. The molecule has 1 aliphatic heterocycles. The van der Waals surface area contributed by atoms with Crippen LogP contribution in [0.2, 0.25) is 19.6 Å². The van der Waals surface area contributed by atoms with Gasteiger partial charge in [0.05, 0.1) is 15.2 Å². The molecule has 0 fully saturated rings. The average molecular weight is 500 g/mol. The van der Waals surface area contributed by atoms with Crippen molar-refractivity contribution in [1.82, 2.24) is 9.88 Å². The van der Waals surface area contributed by atoms with Crippen molar-refractivity contribution >= 4 is 42.3 Å². The maximum Gasteiger partial charge on any atom is 0.273 e. The van der Waals surface area contributed by atoms with Gasteiger partial charge in [-0.2, -0.15) is 0 Å². The second-order valence-corrected chi connectivity index (χ2v) is 14.7. The van der Waals surface area contributed by atoms with Crippen LogP contribution in [0.3, 0.4) is 0 Å². The number of likely N-dealkylation sites (N-methyl/N-ethyl adjacent to an activating group) is 1. The second-order valence-electron chi connectivity index (χ2n) is 9.62. The molecular weight excluding hydrogens is 470 g/mol. The maximum atomic E-state index is 13.6. The van der Waals surface area contributed by atoms with Gasteiger partial charge in [0, 0.05) is 24.5 Å². The van der Waals surface area contributed by atoms with E-state index in [0.717, 1.165) is 0 Å². The molecule has 2 amide bonds. The summed E-state index contributed by atoms with van der Waals surface area (Å²) in [6.07, 6.45) is 1.56. The zero-order valence-electron chi connectivity index (χ0n) is 21.0. The number of aliphatic imine (C=N–C) groups is 1. The van der Waals surface area contributed by atoms with Crippen molar-refractivity contribution in [3.8, 4) is 5.75 Å². The van der Waals surface area contributed by atoms with Gasteiger partial charge >= 0.3 is 0 Å². The fraction of sp³-hybridized carbons (Fsp3) is 0.222. The Balaban J connectivity index is 1.66. The van der Waals surface area contributed by atoms with Gasteiger partial charge in [-0.1, -0.05) is 49.1 Å². The Bertz CT molecular complexity index is 1350. The lowest BCUT2D eigenvalue weighted by Gasteiger charge is -2.28. The molecular formula is C27H29N5O3Si. The van der Waals surface area contributed by atoms with Gasteiger partial charge < -0.3 is 15.0 Å². The van der Waals surface area contributed by atoms with Crippen LogP contribution in [0.4, 0.5) is 5.69 Å². The first-order chi connectivity index (χ1) is 17.1. The zero-order chi connectivity index (χ0) is 26.0. The van der Waals surface area contributed by atoms with E-state index in [2.05, 4.69) is 34.9 Å². The molecule has 2 heterocycles. The third kappa shape index (κ3) is 4.96. The number of fused-ring (bicyclic) bond motifs is 1. The maximum absolute atomic E-state index is 13.6. The molecule has 4 rings (SSSR count). The third-order valence-corrected chi connectivity index (χ3v) is 8.18. The van der Waals surface area contributed by atoms with Crippen LogP contribution >= 0.6 is 0 Å². The van der Waals surface area contributed by atoms with Crippen molar-refractivity contribution in [3.05, 3.63) is 83.7 Å². The Morgan fingerprint density at radius 3 is 2.31 bits per heavy atom. The van der Waals surface area contributed by atoms with Crippen molar-refractivity contribution < 1.29 is 14.3 Å². The van der Waals surface area contributed by atoms with E-state index in [1.165, 1.54) is 10.1 Å². The van der Waals surface area contributed by atoms with Gasteiger partial charge in [-0.3, -0.25) is 20.0 Å². The van der Waals surface area contributed by atoms with Gasteiger partial charge in [0.25, 0.3) is 11.8 Å². The highest BCUT2D eigenvalue weighted by Crippen LogP contribution is 2.26. The minimum absolute atomic E-state index is 0.0738. The van der Waals surface area contributed by atoms with Gasteiger partial charge in [-0.15, -0.1) is 0 Å². The predicted octanol–water partition coefficient (Wildman–Crippen LogP) is 3.60. The number of ether oxygens (including phenoxy) is 1. The molecule has 0 spiro atoms. The van der Waals surface area contributed by atoms with E-state index in [1.54, 1.807) is 56.8 Å². The van der Waals surface area contributed by atoms with Crippen molar-refractivity contribution in [3.63, 3.8) is 0 Å². The molecule has 8 nitrogen and oxygen atoms in total. The number of hydrogen-bond donors (Lipinski definition) is 2. The number of benzene rings is 2. The number of hydrogen-bond acceptors (Lipinski definition) is 5. The number of nitrogens with one attached hydrogen (secondary N) is 2. The summed E-state index contributed by atoms with van der Waals surface area (Å²) in [7, 11) is 1.65. The number of pyridine rings is 1. The number of rotatable bonds is 7. The van der Waals surface area contributed by atoms with E-state index in [0.29, 0.717) is 28.3 Å². The Hall–Kier alpha value is -4.11. The molecule has 1 aromatic heterocycles. The Kier molecular flexibility index (Phi) is 6.85. The minimum Gasteiger partial charge on any atom is -0.497 e. The summed E-state index contributed by atoms with van der Waals surface area (Å²) in [6, 6.07) is 17.3. The first-order valence-corrected chi connectivity index (χ1v) is 15.1.